The van der Waals surface area contributed by atoms with Crippen molar-refractivity contribution in [2.24, 2.45) is 53.3 Å². The van der Waals surface area contributed by atoms with Crippen molar-refractivity contribution in [1.29, 1.82) is 0 Å². The van der Waals surface area contributed by atoms with Gasteiger partial charge in [-0.15, -0.1) is 0 Å². The molecule has 4 fully saturated rings. The molecular formula is C17H18N2O4. The van der Waals surface area contributed by atoms with Gasteiger partial charge in [-0.25, -0.2) is 0 Å². The summed E-state index contributed by atoms with van der Waals surface area (Å²) in [6.07, 6.45) is 2.14. The van der Waals surface area contributed by atoms with Crippen LogP contribution in [0.4, 0.5) is 0 Å². The number of nitrogens with one attached hydrogen (secondary N) is 2. The molecule has 0 spiro atoms. The third kappa shape index (κ3) is 1.33. The molecule has 2 saturated carbocycles. The van der Waals surface area contributed by atoms with Gasteiger partial charge in [-0.3, -0.25) is 29.8 Å². The van der Waals surface area contributed by atoms with Crippen LogP contribution in [0.25, 0.3) is 0 Å². The lowest BCUT2D eigenvalue weighted by atomic mass is 9.38. The average Bonchev–Trinajstić information content (AvgIpc) is 2.87. The van der Waals surface area contributed by atoms with Crippen LogP contribution in [0.3, 0.4) is 0 Å². The van der Waals surface area contributed by atoms with Crippen LogP contribution in [0.5, 0.6) is 0 Å². The molecule has 23 heavy (non-hydrogen) atoms. The van der Waals surface area contributed by atoms with Crippen molar-refractivity contribution in [3.05, 3.63) is 11.6 Å². The SMILES string of the molecule is CC(C)C1=C[C@@H]2[C@H]3C(=O)NC(=O)[C@@H]3[C@H]1[C@H]1[C@H]3C(=O)NC(=O)[C@@H]3[C@H]21. The first kappa shape index (κ1) is 13.5. The van der Waals surface area contributed by atoms with Crippen LogP contribution in [0, 0.1) is 53.3 Å². The van der Waals surface area contributed by atoms with Gasteiger partial charge >= 0.3 is 0 Å². The summed E-state index contributed by atoms with van der Waals surface area (Å²) in [6, 6.07) is 0. The fraction of sp³-hybridized carbons (Fsp3) is 0.647. The molecule has 6 heteroatoms. The van der Waals surface area contributed by atoms with Crippen LogP contribution in [0.1, 0.15) is 13.8 Å². The normalized spacial score (nSPS) is 49.3. The molecule has 4 aliphatic carbocycles. The van der Waals surface area contributed by atoms with Gasteiger partial charge in [0.05, 0.1) is 23.7 Å². The lowest BCUT2D eigenvalue weighted by Crippen LogP contribution is -2.64. The summed E-state index contributed by atoms with van der Waals surface area (Å²) in [5, 5.41) is 4.93. The molecule has 0 radical (unpaired) electrons. The topological polar surface area (TPSA) is 92.3 Å². The summed E-state index contributed by atoms with van der Waals surface area (Å²) in [5.41, 5.74) is 1.19. The number of carbonyl (C=O) groups is 4. The minimum Gasteiger partial charge on any atom is -0.296 e. The van der Waals surface area contributed by atoms with Gasteiger partial charge in [-0.2, -0.15) is 0 Å². The van der Waals surface area contributed by atoms with Crippen LogP contribution >= 0.6 is 0 Å². The maximum atomic E-state index is 12.4. The van der Waals surface area contributed by atoms with E-state index in [-0.39, 0.29) is 76.9 Å². The average molecular weight is 314 g/mol. The highest BCUT2D eigenvalue weighted by Gasteiger charge is 2.74. The highest BCUT2D eigenvalue weighted by atomic mass is 16.2. The van der Waals surface area contributed by atoms with Crippen molar-refractivity contribution in [2.45, 2.75) is 13.8 Å². The predicted octanol–water partition coefficient (Wildman–Crippen LogP) is -0.148. The zero-order valence-electron chi connectivity index (χ0n) is 12.9. The van der Waals surface area contributed by atoms with E-state index in [1.807, 2.05) is 0 Å². The van der Waals surface area contributed by atoms with Gasteiger partial charge in [0.1, 0.15) is 0 Å². The van der Waals surface area contributed by atoms with E-state index >= 15 is 0 Å². The number of hydrogen-bond acceptors (Lipinski definition) is 4. The van der Waals surface area contributed by atoms with Crippen molar-refractivity contribution < 1.29 is 19.2 Å². The standard InChI is InChI=1S/C17H18N2O4/c1-4(2)5-3-6-8-10(13-12(8)16(22)19-17(13)23)7(5)11-9(6)14(20)18-15(11)21/h3-4,6-13H,1-2H3,(H,18,20,21)(H,19,22,23)/t6-,7+,8+,9+,10+,11+,12+,13+/m0/s1. The number of carbonyl (C=O) groups excluding carboxylic acids is 4. The summed E-state index contributed by atoms with van der Waals surface area (Å²) in [7, 11) is 0. The van der Waals surface area contributed by atoms with Gasteiger partial charge in [-0.05, 0) is 29.6 Å². The molecular weight excluding hydrogens is 296 g/mol. The minimum absolute atomic E-state index is 0.0248. The second kappa shape index (κ2) is 3.91. The second-order valence-corrected chi connectivity index (χ2v) is 7.89. The van der Waals surface area contributed by atoms with E-state index in [1.165, 1.54) is 5.57 Å². The third-order valence-electron chi connectivity index (χ3n) is 6.85. The second-order valence-electron chi connectivity index (χ2n) is 7.89. The van der Waals surface area contributed by atoms with Crippen LogP contribution in [0.2, 0.25) is 0 Å². The van der Waals surface area contributed by atoms with Gasteiger partial charge in [0.2, 0.25) is 23.6 Å². The Bertz CT molecular complexity index is 724. The van der Waals surface area contributed by atoms with Gasteiger partial charge in [0, 0.05) is 0 Å². The Morgan fingerprint density at radius 1 is 0.739 bits per heavy atom. The van der Waals surface area contributed by atoms with Crippen LogP contribution in [-0.4, -0.2) is 23.6 Å². The number of rotatable bonds is 1. The Kier molecular flexibility index (Phi) is 2.29. The largest absolute Gasteiger partial charge is 0.296 e. The van der Waals surface area contributed by atoms with E-state index in [1.54, 1.807) is 0 Å². The van der Waals surface area contributed by atoms with E-state index in [4.69, 9.17) is 0 Å². The van der Waals surface area contributed by atoms with Crippen LogP contribution in [0.15, 0.2) is 11.6 Å². The third-order valence-corrected chi connectivity index (χ3v) is 6.85. The lowest BCUT2D eigenvalue weighted by Gasteiger charge is -2.62. The number of hydrogen-bond donors (Lipinski definition) is 2. The fourth-order valence-corrected chi connectivity index (χ4v) is 6.18. The molecule has 4 amide bonds. The maximum Gasteiger partial charge on any atom is 0.231 e. The van der Waals surface area contributed by atoms with Crippen LogP contribution in [-0.2, 0) is 19.2 Å². The Morgan fingerprint density at radius 3 is 1.87 bits per heavy atom. The summed E-state index contributed by atoms with van der Waals surface area (Å²) >= 11 is 0. The fourth-order valence-electron chi connectivity index (χ4n) is 6.18. The molecule has 0 unspecified atom stereocenters. The number of allylic oxidation sites excluding steroid dienone is 2. The molecule has 6 aliphatic rings. The van der Waals surface area contributed by atoms with Gasteiger partial charge < -0.3 is 0 Å². The molecule has 2 N–H and O–H groups in total. The van der Waals surface area contributed by atoms with Crippen molar-refractivity contribution in [1.82, 2.24) is 10.6 Å². The quantitative estimate of drug-likeness (QED) is 0.520. The molecule has 6 rings (SSSR count). The summed E-state index contributed by atoms with van der Waals surface area (Å²) in [5.74, 6) is -2.01. The Hall–Kier alpha value is -1.98. The van der Waals surface area contributed by atoms with E-state index in [2.05, 4.69) is 30.6 Å². The maximum absolute atomic E-state index is 12.4. The van der Waals surface area contributed by atoms with E-state index < -0.39 is 0 Å². The number of imide groups is 2. The highest BCUT2D eigenvalue weighted by molar-refractivity contribution is 6.09. The van der Waals surface area contributed by atoms with Crippen molar-refractivity contribution in [3.8, 4) is 0 Å². The first-order valence-electron chi connectivity index (χ1n) is 8.33. The van der Waals surface area contributed by atoms with E-state index in [0.29, 0.717) is 0 Å². The number of fused-ring (bicyclic) bond motifs is 1. The summed E-state index contributed by atoms with van der Waals surface area (Å²) < 4.78 is 0. The van der Waals surface area contributed by atoms with E-state index in [0.717, 1.165) is 0 Å². The molecule has 0 aromatic heterocycles. The van der Waals surface area contributed by atoms with Crippen molar-refractivity contribution >= 4 is 23.6 Å². The van der Waals surface area contributed by atoms with Gasteiger partial charge in [-0.1, -0.05) is 25.5 Å². The first-order chi connectivity index (χ1) is 10.9. The van der Waals surface area contributed by atoms with E-state index in [9.17, 15) is 19.2 Å². The molecule has 0 aromatic carbocycles. The summed E-state index contributed by atoms with van der Waals surface area (Å²) in [4.78, 5) is 48.9. The summed E-state index contributed by atoms with van der Waals surface area (Å²) in [6.45, 7) is 4.17. The monoisotopic (exact) mass is 314 g/mol. The molecule has 6 nitrogen and oxygen atoms in total. The molecule has 8 atom stereocenters. The molecule has 120 valence electrons. The van der Waals surface area contributed by atoms with Crippen LogP contribution < -0.4 is 10.6 Å². The molecule has 2 heterocycles. The Morgan fingerprint density at radius 2 is 1.26 bits per heavy atom. The van der Waals surface area contributed by atoms with Crippen molar-refractivity contribution in [3.63, 3.8) is 0 Å². The minimum atomic E-state index is -0.361. The molecule has 0 aromatic rings. The smallest absolute Gasteiger partial charge is 0.231 e. The number of amides is 4. The lowest BCUT2D eigenvalue weighted by molar-refractivity contribution is -0.169. The predicted molar refractivity (Wildman–Crippen MR) is 77.1 cm³/mol. The molecule has 2 saturated heterocycles. The Labute approximate surface area is 133 Å². The molecule has 2 aliphatic heterocycles. The van der Waals surface area contributed by atoms with Gasteiger partial charge in [0.25, 0.3) is 0 Å². The van der Waals surface area contributed by atoms with Gasteiger partial charge in [0.15, 0.2) is 0 Å². The zero-order chi connectivity index (χ0) is 16.2. The highest BCUT2D eigenvalue weighted by Crippen LogP contribution is 2.68. The zero-order valence-corrected chi connectivity index (χ0v) is 12.9. The van der Waals surface area contributed by atoms with Crippen molar-refractivity contribution in [2.75, 3.05) is 0 Å². The molecule has 2 bridgehead atoms. The first-order valence-corrected chi connectivity index (χ1v) is 8.33. The Balaban J connectivity index is 1.67.